The molecule has 1 fully saturated rings. The van der Waals surface area contributed by atoms with Crippen LogP contribution < -0.4 is 45.3 Å². The van der Waals surface area contributed by atoms with Crippen molar-refractivity contribution >= 4 is 23.5 Å². The number of carboxylic acids is 1. The second-order valence-electron chi connectivity index (χ2n) is 6.49. The monoisotopic (exact) mass is 381 g/mol. The molecule has 27 heavy (non-hydrogen) atoms. The molecule has 0 spiro atoms. The van der Waals surface area contributed by atoms with Crippen LogP contribution in [0.15, 0.2) is 30.0 Å². The van der Waals surface area contributed by atoms with Gasteiger partial charge < -0.3 is 30.5 Å². The minimum absolute atomic E-state index is 0. The van der Waals surface area contributed by atoms with E-state index in [9.17, 15) is 24.6 Å². The molecule has 1 aromatic carbocycles. The number of aliphatic hydroxyl groups excluding tert-OH is 1. The minimum atomic E-state index is -1.41. The summed E-state index contributed by atoms with van der Waals surface area (Å²) in [6.45, 7) is 1.81. The number of urea groups is 1. The summed E-state index contributed by atoms with van der Waals surface area (Å²) in [5.74, 6) is -2.40. The van der Waals surface area contributed by atoms with Crippen molar-refractivity contribution in [3.63, 3.8) is 0 Å². The predicted octanol–water partition coefficient (Wildman–Crippen LogP) is -3.81. The summed E-state index contributed by atoms with van der Waals surface area (Å²) in [6, 6.07) is 6.43. The smallest absolute Gasteiger partial charge is 0.543 e. The van der Waals surface area contributed by atoms with E-state index in [1.807, 2.05) is 6.07 Å². The maximum Gasteiger partial charge on any atom is 1.00 e. The maximum absolute atomic E-state index is 12.2. The molecule has 2 aliphatic rings. The molecule has 0 aliphatic carbocycles. The molecule has 1 aromatic rings. The zero-order chi connectivity index (χ0) is 19.0. The zero-order valence-electron chi connectivity index (χ0n) is 15.5. The molecule has 138 valence electrons. The van der Waals surface area contributed by atoms with Crippen molar-refractivity contribution in [3.8, 4) is 0 Å². The Kier molecular flexibility index (Phi) is 6.69. The molecule has 3 atom stereocenters. The number of rotatable bonds is 5. The fourth-order valence-electron chi connectivity index (χ4n) is 3.66. The van der Waals surface area contributed by atoms with E-state index in [-0.39, 0.29) is 53.9 Å². The molecule has 0 unspecified atom stereocenters. The molecule has 0 aromatic heterocycles. The van der Waals surface area contributed by atoms with Gasteiger partial charge >= 0.3 is 35.6 Å². The first-order valence-corrected chi connectivity index (χ1v) is 8.35. The van der Waals surface area contributed by atoms with E-state index in [0.29, 0.717) is 17.6 Å². The predicted molar refractivity (Wildman–Crippen MR) is 90.1 cm³/mol. The van der Waals surface area contributed by atoms with Crippen LogP contribution >= 0.6 is 0 Å². The van der Waals surface area contributed by atoms with Crippen molar-refractivity contribution < 1.29 is 54.2 Å². The molecular weight excluding hydrogens is 361 g/mol. The minimum Gasteiger partial charge on any atom is -0.543 e. The number of benzene rings is 1. The number of fused-ring (bicyclic) bond motifs is 1. The standard InChI is InChI=1S/C18H21N3O5.Na/c1-9(22)14-13-7-12(15(17(24)25)21(13)16(14)23)11-5-3-4-10(6-11)8-20-18(26)19-2;/h3-6,9,13-14,22H,7-8H2,1-2H3,(H,24,25)(H2,19,20,26);/q;+1/p-1/t9-,13-,14-;/m1./s1. The second-order valence-corrected chi connectivity index (χ2v) is 6.49. The Morgan fingerprint density at radius 2 is 2.11 bits per heavy atom. The van der Waals surface area contributed by atoms with Crippen LogP contribution in [0.3, 0.4) is 0 Å². The summed E-state index contributed by atoms with van der Waals surface area (Å²) in [6.07, 6.45) is -0.495. The van der Waals surface area contributed by atoms with Gasteiger partial charge in [0.05, 0.1) is 29.7 Å². The van der Waals surface area contributed by atoms with Gasteiger partial charge in [-0.3, -0.25) is 4.79 Å². The Hall–Kier alpha value is -1.87. The zero-order valence-corrected chi connectivity index (χ0v) is 17.5. The Balaban J connectivity index is 0.00000261. The van der Waals surface area contributed by atoms with Crippen molar-refractivity contribution in [1.29, 1.82) is 0 Å². The third-order valence-corrected chi connectivity index (χ3v) is 4.88. The average Bonchev–Trinajstić information content (AvgIpc) is 2.94. The van der Waals surface area contributed by atoms with Crippen LogP contribution in [-0.4, -0.2) is 47.1 Å². The molecule has 3 amide bonds. The fraction of sp³-hybridized carbons (Fsp3) is 0.389. The maximum atomic E-state index is 12.2. The van der Waals surface area contributed by atoms with Crippen molar-refractivity contribution in [2.24, 2.45) is 5.92 Å². The van der Waals surface area contributed by atoms with Crippen LogP contribution in [0.5, 0.6) is 0 Å². The second kappa shape index (κ2) is 8.43. The third-order valence-electron chi connectivity index (χ3n) is 4.88. The Morgan fingerprint density at radius 1 is 1.41 bits per heavy atom. The van der Waals surface area contributed by atoms with Crippen LogP contribution in [0.25, 0.3) is 5.57 Å². The first kappa shape index (κ1) is 21.4. The van der Waals surface area contributed by atoms with Gasteiger partial charge in [-0.05, 0) is 36.1 Å². The summed E-state index contributed by atoms with van der Waals surface area (Å²) < 4.78 is 0. The molecule has 0 saturated carbocycles. The van der Waals surface area contributed by atoms with E-state index < -0.39 is 23.9 Å². The Labute approximate surface area is 178 Å². The van der Waals surface area contributed by atoms with Crippen LogP contribution in [0.2, 0.25) is 0 Å². The number of carbonyl (C=O) groups is 3. The molecule has 1 saturated heterocycles. The summed E-state index contributed by atoms with van der Waals surface area (Å²) in [5.41, 5.74) is 1.83. The molecule has 0 bridgehead atoms. The van der Waals surface area contributed by atoms with Gasteiger partial charge in [0.1, 0.15) is 0 Å². The van der Waals surface area contributed by atoms with E-state index in [0.717, 1.165) is 5.56 Å². The quantitative estimate of drug-likeness (QED) is 0.357. The molecular formula is C18H20N3NaO5. The third kappa shape index (κ3) is 3.89. The topological polar surface area (TPSA) is 122 Å². The van der Waals surface area contributed by atoms with Gasteiger partial charge in [-0.15, -0.1) is 0 Å². The summed E-state index contributed by atoms with van der Waals surface area (Å²) in [4.78, 5) is 36.4. The number of carboxylic acid groups (broad SMARTS) is 1. The van der Waals surface area contributed by atoms with Gasteiger partial charge in [0.2, 0.25) is 5.91 Å². The number of amides is 3. The van der Waals surface area contributed by atoms with Gasteiger partial charge in [-0.25, -0.2) is 4.79 Å². The van der Waals surface area contributed by atoms with E-state index in [4.69, 9.17) is 0 Å². The van der Waals surface area contributed by atoms with Gasteiger partial charge in [-0.2, -0.15) is 0 Å². The average molecular weight is 381 g/mol. The number of carbonyl (C=O) groups excluding carboxylic acids is 3. The van der Waals surface area contributed by atoms with Crippen LogP contribution in [0, 0.1) is 5.92 Å². The molecule has 3 N–H and O–H groups in total. The fourth-order valence-corrected chi connectivity index (χ4v) is 3.66. The molecule has 0 radical (unpaired) electrons. The molecule has 2 aliphatic heterocycles. The first-order valence-electron chi connectivity index (χ1n) is 8.35. The molecule has 8 nitrogen and oxygen atoms in total. The van der Waals surface area contributed by atoms with Crippen molar-refractivity contribution in [2.75, 3.05) is 7.05 Å². The number of nitrogens with one attached hydrogen (secondary N) is 2. The van der Waals surface area contributed by atoms with Gasteiger partial charge in [0, 0.05) is 13.6 Å². The molecule has 2 heterocycles. The SMILES string of the molecule is CNC(=O)NCc1cccc(C2=C(C(=O)[O-])N3C(=O)[C@H]([C@@H](C)O)[C@H]3C2)c1.[Na+]. The van der Waals surface area contributed by atoms with Crippen molar-refractivity contribution in [3.05, 3.63) is 41.1 Å². The van der Waals surface area contributed by atoms with E-state index in [1.165, 1.54) is 18.9 Å². The van der Waals surface area contributed by atoms with E-state index in [2.05, 4.69) is 10.6 Å². The number of nitrogens with zero attached hydrogens (tertiary/aromatic N) is 1. The number of hydrogen-bond donors (Lipinski definition) is 3. The van der Waals surface area contributed by atoms with Gasteiger partial charge in [0.15, 0.2) is 0 Å². The number of aliphatic carboxylic acids is 1. The van der Waals surface area contributed by atoms with Crippen LogP contribution in [0.1, 0.15) is 24.5 Å². The number of β-lactam (4-membered cyclic amide) rings is 1. The summed E-state index contributed by atoms with van der Waals surface area (Å²) >= 11 is 0. The summed E-state index contributed by atoms with van der Waals surface area (Å²) in [7, 11) is 1.51. The first-order chi connectivity index (χ1) is 12.3. The molecule has 3 rings (SSSR count). The van der Waals surface area contributed by atoms with E-state index >= 15 is 0 Å². The van der Waals surface area contributed by atoms with E-state index in [1.54, 1.807) is 18.2 Å². The normalized spacial score (nSPS) is 21.7. The largest absolute Gasteiger partial charge is 1.00 e. The Bertz CT molecular complexity index is 808. The number of aliphatic hydroxyl groups is 1. The van der Waals surface area contributed by atoms with Crippen molar-refractivity contribution in [1.82, 2.24) is 15.5 Å². The summed E-state index contributed by atoms with van der Waals surface area (Å²) in [5, 5.41) is 26.6. The van der Waals surface area contributed by atoms with Crippen LogP contribution in [0.4, 0.5) is 4.79 Å². The van der Waals surface area contributed by atoms with Gasteiger partial charge in [0.25, 0.3) is 0 Å². The van der Waals surface area contributed by atoms with Crippen LogP contribution in [-0.2, 0) is 16.1 Å². The van der Waals surface area contributed by atoms with Gasteiger partial charge in [-0.1, -0.05) is 18.2 Å². The Morgan fingerprint density at radius 3 is 2.70 bits per heavy atom. The molecule has 9 heteroatoms. The van der Waals surface area contributed by atoms with Crippen molar-refractivity contribution in [2.45, 2.75) is 32.0 Å². The number of hydrogen-bond acceptors (Lipinski definition) is 5.